The van der Waals surface area contributed by atoms with E-state index in [1.165, 1.54) is 30.1 Å². The summed E-state index contributed by atoms with van der Waals surface area (Å²) in [6.07, 6.45) is 4.74. The number of H-pyrrole nitrogens is 1. The summed E-state index contributed by atoms with van der Waals surface area (Å²) in [5.74, 6) is 0.124. The maximum atomic E-state index is 12.1. The lowest BCUT2D eigenvalue weighted by Crippen LogP contribution is -2.25. The number of hydrogen-bond donors (Lipinski definition) is 2. The third-order valence-corrected chi connectivity index (χ3v) is 3.69. The fourth-order valence-corrected chi connectivity index (χ4v) is 2.43. The number of pyridine rings is 1. The monoisotopic (exact) mass is 322 g/mol. The van der Waals surface area contributed by atoms with Gasteiger partial charge < -0.3 is 10.5 Å². The predicted octanol–water partition coefficient (Wildman–Crippen LogP) is 2.91. The Morgan fingerprint density at radius 2 is 1.92 bits per heavy atom. The summed E-state index contributed by atoms with van der Waals surface area (Å²) >= 11 is 0. The average Bonchev–Trinajstić information content (AvgIpc) is 3.05. The predicted molar refractivity (Wildman–Crippen MR) is 91.4 cm³/mol. The molecule has 0 aliphatic carbocycles. The molecule has 0 unspecified atom stereocenters. The number of rotatable bonds is 5. The van der Waals surface area contributed by atoms with E-state index < -0.39 is 0 Å². The zero-order valence-electron chi connectivity index (χ0n) is 13.3. The molecule has 6 heteroatoms. The molecule has 6 nitrogen and oxygen atoms in total. The summed E-state index contributed by atoms with van der Waals surface area (Å²) in [6.45, 7) is 2.15. The second-order valence-corrected chi connectivity index (χ2v) is 5.51. The molecule has 0 spiro atoms. The maximum Gasteiger partial charge on any atom is 0.257 e. The van der Waals surface area contributed by atoms with E-state index in [9.17, 15) is 10.0 Å². The third-order valence-electron chi connectivity index (χ3n) is 3.69. The van der Waals surface area contributed by atoms with Crippen LogP contribution in [-0.4, -0.2) is 16.1 Å². The molecule has 0 aliphatic rings. The molecule has 0 radical (unpaired) electrons. The van der Waals surface area contributed by atoms with Crippen LogP contribution in [0.15, 0.2) is 54.9 Å². The van der Waals surface area contributed by atoms with Crippen molar-refractivity contribution in [3.05, 3.63) is 71.2 Å². The first kappa shape index (κ1) is 15.7. The molecule has 2 aromatic heterocycles. The summed E-state index contributed by atoms with van der Waals surface area (Å²) in [5.41, 5.74) is 3.54. The molecule has 0 atom stereocenters. The topological polar surface area (TPSA) is 84.7 Å². The van der Waals surface area contributed by atoms with Crippen molar-refractivity contribution < 1.29 is 9.52 Å². The number of nitrogens with zero attached hydrogens (tertiary/aromatic N) is 2. The molecule has 2 N–H and O–H groups in total. The molecule has 3 rings (SSSR count). The molecule has 2 heterocycles. The van der Waals surface area contributed by atoms with Crippen molar-refractivity contribution in [1.82, 2.24) is 10.2 Å². The fraction of sp³-hybridized carbons (Fsp3) is 0.167. The normalized spacial score (nSPS) is 10.5. The molecule has 0 saturated heterocycles. The van der Waals surface area contributed by atoms with Gasteiger partial charge in [0, 0.05) is 18.2 Å². The number of aromatic amines is 1. The van der Waals surface area contributed by atoms with Crippen LogP contribution in [0.4, 0.5) is 5.82 Å². The van der Waals surface area contributed by atoms with Crippen LogP contribution in [0.5, 0.6) is 0 Å². The van der Waals surface area contributed by atoms with Crippen LogP contribution in [-0.2, 0) is 6.42 Å². The van der Waals surface area contributed by atoms with E-state index >= 15 is 0 Å². The minimum Gasteiger partial charge on any atom is -0.619 e. The quantitative estimate of drug-likeness (QED) is 0.559. The first-order valence-corrected chi connectivity index (χ1v) is 7.80. The highest BCUT2D eigenvalue weighted by molar-refractivity contribution is 6.03. The fourth-order valence-electron chi connectivity index (χ4n) is 2.43. The minimum absolute atomic E-state index is 0.313. The molecule has 0 bridgehead atoms. The Morgan fingerprint density at radius 1 is 1.21 bits per heavy atom. The van der Waals surface area contributed by atoms with Gasteiger partial charge >= 0.3 is 0 Å². The number of nitrogens with one attached hydrogen (secondary N) is 2. The molecular weight excluding hydrogens is 304 g/mol. The van der Waals surface area contributed by atoms with Crippen molar-refractivity contribution in [2.45, 2.75) is 19.8 Å². The van der Waals surface area contributed by atoms with Gasteiger partial charge in [0.2, 0.25) is 0 Å². The van der Waals surface area contributed by atoms with Crippen molar-refractivity contribution in [2.24, 2.45) is 0 Å². The molecule has 122 valence electrons. The Morgan fingerprint density at radius 3 is 2.58 bits per heavy atom. The van der Waals surface area contributed by atoms with Crippen molar-refractivity contribution in [1.29, 1.82) is 0 Å². The van der Waals surface area contributed by atoms with Gasteiger partial charge in [0.25, 0.3) is 5.91 Å². The van der Waals surface area contributed by atoms with Crippen molar-refractivity contribution >= 4 is 11.7 Å². The summed E-state index contributed by atoms with van der Waals surface area (Å²) < 4.78 is 0.631. The summed E-state index contributed by atoms with van der Waals surface area (Å²) in [5, 5.41) is 20.7. The molecular formula is C18H18N4O2. The van der Waals surface area contributed by atoms with E-state index in [2.05, 4.69) is 34.6 Å². The Bertz CT molecular complexity index is 823. The van der Waals surface area contributed by atoms with Crippen molar-refractivity contribution in [3.8, 4) is 11.3 Å². The van der Waals surface area contributed by atoms with Gasteiger partial charge in [-0.05, 0) is 17.5 Å². The molecule has 0 fully saturated rings. The Labute approximate surface area is 139 Å². The minimum atomic E-state index is -0.313. The Hall–Kier alpha value is -3.15. The van der Waals surface area contributed by atoms with Gasteiger partial charge in [-0.3, -0.25) is 9.89 Å². The summed E-state index contributed by atoms with van der Waals surface area (Å²) in [4.78, 5) is 12.1. The second kappa shape index (κ2) is 6.95. The van der Waals surface area contributed by atoms with Crippen LogP contribution in [0.25, 0.3) is 11.3 Å². The molecule has 0 aliphatic heterocycles. The first-order valence-electron chi connectivity index (χ1n) is 7.80. The molecule has 3 aromatic rings. The summed E-state index contributed by atoms with van der Waals surface area (Å²) in [6, 6.07) is 13.0. The van der Waals surface area contributed by atoms with E-state index in [1.807, 2.05) is 12.1 Å². The van der Waals surface area contributed by atoms with E-state index in [-0.39, 0.29) is 5.91 Å². The molecule has 1 aromatic carbocycles. The van der Waals surface area contributed by atoms with Crippen molar-refractivity contribution in [2.75, 3.05) is 5.32 Å². The highest BCUT2D eigenvalue weighted by Gasteiger charge is 2.10. The van der Waals surface area contributed by atoms with Gasteiger partial charge in [-0.15, -0.1) is 0 Å². The van der Waals surface area contributed by atoms with E-state index in [0.717, 1.165) is 24.1 Å². The lowest BCUT2D eigenvalue weighted by atomic mass is 10.1. The van der Waals surface area contributed by atoms with E-state index in [1.54, 1.807) is 6.07 Å². The lowest BCUT2D eigenvalue weighted by molar-refractivity contribution is -0.605. The average molecular weight is 322 g/mol. The first-order chi connectivity index (χ1) is 11.7. The number of aromatic nitrogens is 3. The summed E-state index contributed by atoms with van der Waals surface area (Å²) in [7, 11) is 0. The largest absolute Gasteiger partial charge is 0.619 e. The molecule has 1 amide bonds. The van der Waals surface area contributed by atoms with Crippen LogP contribution in [0.2, 0.25) is 0 Å². The van der Waals surface area contributed by atoms with Crippen LogP contribution in [0, 0.1) is 5.21 Å². The number of amides is 1. The van der Waals surface area contributed by atoms with E-state index in [4.69, 9.17) is 0 Å². The van der Waals surface area contributed by atoms with Gasteiger partial charge in [-0.1, -0.05) is 37.6 Å². The van der Waals surface area contributed by atoms with Crippen molar-refractivity contribution in [3.63, 3.8) is 0 Å². The number of anilines is 1. The van der Waals surface area contributed by atoms with Crippen LogP contribution >= 0.6 is 0 Å². The highest BCUT2D eigenvalue weighted by Crippen LogP contribution is 2.21. The van der Waals surface area contributed by atoms with Crippen LogP contribution in [0.3, 0.4) is 0 Å². The second-order valence-electron chi connectivity index (χ2n) is 5.51. The number of hydrogen-bond acceptors (Lipinski definition) is 3. The zero-order chi connectivity index (χ0) is 16.9. The number of benzene rings is 1. The number of carbonyl (C=O) groups is 1. The third kappa shape index (κ3) is 3.60. The standard InChI is InChI=1S/C18H18N4O2/c1-2-3-13-4-6-14(7-5-13)16-12-17(21-20-16)19-18(23)15-8-10-22(24)11-9-15/h4-12H,2-3H2,1H3,(H2,19,20,21,23). The SMILES string of the molecule is CCCc1ccc(-c2cc(NC(=O)c3cc[n+]([O-])cc3)n[nH]2)cc1. The van der Waals surface area contributed by atoms with Gasteiger partial charge in [-0.25, -0.2) is 0 Å². The Kier molecular flexibility index (Phi) is 4.56. The van der Waals surface area contributed by atoms with Crippen LogP contribution < -0.4 is 10.0 Å². The van der Waals surface area contributed by atoms with Gasteiger partial charge in [0.15, 0.2) is 18.2 Å². The number of aryl methyl sites for hydroxylation is 1. The molecule has 0 saturated carbocycles. The van der Waals surface area contributed by atoms with E-state index in [0.29, 0.717) is 16.1 Å². The maximum absolute atomic E-state index is 12.1. The highest BCUT2D eigenvalue weighted by atomic mass is 16.5. The van der Waals surface area contributed by atoms with Gasteiger partial charge in [0.1, 0.15) is 0 Å². The number of carbonyl (C=O) groups excluding carboxylic acids is 1. The zero-order valence-corrected chi connectivity index (χ0v) is 13.3. The Balaban J connectivity index is 1.71. The van der Waals surface area contributed by atoms with Gasteiger partial charge in [0.05, 0.1) is 11.3 Å². The van der Waals surface area contributed by atoms with Crippen LogP contribution in [0.1, 0.15) is 29.3 Å². The lowest BCUT2D eigenvalue weighted by Gasteiger charge is -2.01. The molecule has 24 heavy (non-hydrogen) atoms. The van der Waals surface area contributed by atoms with Gasteiger partial charge in [-0.2, -0.15) is 9.83 Å². The smallest absolute Gasteiger partial charge is 0.257 e.